The summed E-state index contributed by atoms with van der Waals surface area (Å²) < 4.78 is 0. The van der Waals surface area contributed by atoms with Crippen LogP contribution in [0, 0.1) is 5.92 Å². The average Bonchev–Trinajstić information content (AvgIpc) is 2.38. The van der Waals surface area contributed by atoms with Crippen LogP contribution in [0.1, 0.15) is 38.2 Å². The van der Waals surface area contributed by atoms with Crippen molar-refractivity contribution in [2.45, 2.75) is 45.1 Å². The van der Waals surface area contributed by atoms with Crippen LogP contribution in [0.15, 0.2) is 6.33 Å². The van der Waals surface area contributed by atoms with Crippen LogP contribution in [0.5, 0.6) is 0 Å². The number of rotatable bonds is 4. The molecule has 2 rings (SSSR count). The second-order valence-corrected chi connectivity index (χ2v) is 5.20. The molecule has 1 fully saturated rings. The van der Waals surface area contributed by atoms with E-state index in [0.29, 0.717) is 11.1 Å². The van der Waals surface area contributed by atoms with Crippen molar-refractivity contribution in [1.82, 2.24) is 9.97 Å². The van der Waals surface area contributed by atoms with Gasteiger partial charge in [0.15, 0.2) is 0 Å². The molecule has 0 saturated heterocycles. The number of hydrogen-bond acceptors (Lipinski definition) is 4. The van der Waals surface area contributed by atoms with Crippen LogP contribution in [0.3, 0.4) is 0 Å². The summed E-state index contributed by atoms with van der Waals surface area (Å²) in [5.74, 6) is 1.12. The van der Waals surface area contributed by atoms with Gasteiger partial charge in [0.25, 0.3) is 0 Å². The first-order valence-electron chi connectivity index (χ1n) is 6.63. The predicted molar refractivity (Wildman–Crippen MR) is 72.9 cm³/mol. The van der Waals surface area contributed by atoms with Gasteiger partial charge in [-0.2, -0.15) is 0 Å². The topological polar surface area (TPSA) is 58.0 Å². The Kier molecular flexibility index (Phi) is 4.78. The van der Waals surface area contributed by atoms with Crippen molar-refractivity contribution in [3.63, 3.8) is 0 Å². The van der Waals surface area contributed by atoms with Crippen LogP contribution >= 0.6 is 11.6 Å². The van der Waals surface area contributed by atoms with Crippen LogP contribution in [-0.4, -0.2) is 27.7 Å². The summed E-state index contributed by atoms with van der Waals surface area (Å²) in [6.07, 6.45) is 6.42. The first-order valence-corrected chi connectivity index (χ1v) is 7.01. The molecule has 1 aliphatic rings. The van der Waals surface area contributed by atoms with Crippen LogP contribution < -0.4 is 5.32 Å². The van der Waals surface area contributed by atoms with E-state index in [9.17, 15) is 5.11 Å². The minimum Gasteiger partial charge on any atom is -0.393 e. The van der Waals surface area contributed by atoms with Gasteiger partial charge in [-0.15, -0.1) is 0 Å². The monoisotopic (exact) mass is 269 g/mol. The lowest BCUT2D eigenvalue weighted by Crippen LogP contribution is -2.30. The summed E-state index contributed by atoms with van der Waals surface area (Å²) in [4.78, 5) is 8.22. The minimum atomic E-state index is -0.186. The zero-order valence-electron chi connectivity index (χ0n) is 10.7. The van der Waals surface area contributed by atoms with E-state index in [1.807, 2.05) is 6.92 Å². The summed E-state index contributed by atoms with van der Waals surface area (Å²) in [5.41, 5.74) is 0.949. The molecule has 4 nitrogen and oxygen atoms in total. The fraction of sp³-hybridized carbons (Fsp3) is 0.692. The SMILES string of the molecule is CCc1c(Cl)ncnc1NCC1CCCCC1O. The maximum absolute atomic E-state index is 9.93. The van der Waals surface area contributed by atoms with E-state index in [1.54, 1.807) is 0 Å². The summed E-state index contributed by atoms with van der Waals surface area (Å²) in [6, 6.07) is 0. The number of halogens is 1. The van der Waals surface area contributed by atoms with Gasteiger partial charge in [0.05, 0.1) is 6.10 Å². The largest absolute Gasteiger partial charge is 0.393 e. The smallest absolute Gasteiger partial charge is 0.137 e. The number of aliphatic hydroxyl groups excluding tert-OH is 1. The summed E-state index contributed by atoms with van der Waals surface area (Å²) in [6.45, 7) is 2.78. The lowest BCUT2D eigenvalue weighted by Gasteiger charge is -2.28. The van der Waals surface area contributed by atoms with E-state index >= 15 is 0 Å². The molecule has 100 valence electrons. The molecule has 1 heterocycles. The van der Waals surface area contributed by atoms with Gasteiger partial charge in [0.2, 0.25) is 0 Å². The van der Waals surface area contributed by atoms with Crippen LogP contribution in [0.4, 0.5) is 5.82 Å². The van der Waals surface area contributed by atoms with Crippen LogP contribution in [-0.2, 0) is 6.42 Å². The fourth-order valence-electron chi connectivity index (χ4n) is 2.51. The van der Waals surface area contributed by atoms with Crippen LogP contribution in [0.2, 0.25) is 5.15 Å². The van der Waals surface area contributed by atoms with E-state index in [4.69, 9.17) is 11.6 Å². The third-order valence-electron chi connectivity index (χ3n) is 3.65. The summed E-state index contributed by atoms with van der Waals surface area (Å²) >= 11 is 6.04. The summed E-state index contributed by atoms with van der Waals surface area (Å²) in [5, 5.41) is 13.8. The van der Waals surface area contributed by atoms with E-state index in [1.165, 1.54) is 12.7 Å². The molecule has 0 aliphatic heterocycles. The molecule has 1 saturated carbocycles. The number of aliphatic hydroxyl groups is 1. The molecule has 1 aromatic rings. The molecule has 0 radical (unpaired) electrons. The molecule has 2 unspecified atom stereocenters. The van der Waals surface area contributed by atoms with Gasteiger partial charge in [-0.1, -0.05) is 31.4 Å². The van der Waals surface area contributed by atoms with Crippen molar-refractivity contribution in [3.8, 4) is 0 Å². The minimum absolute atomic E-state index is 0.186. The average molecular weight is 270 g/mol. The third kappa shape index (κ3) is 3.12. The van der Waals surface area contributed by atoms with Gasteiger partial charge in [-0.05, 0) is 19.3 Å². The standard InChI is InChI=1S/C13H20ClN3O/c1-2-10-12(14)16-8-17-13(10)15-7-9-5-3-4-6-11(9)18/h8-9,11,18H,2-7H2,1H3,(H,15,16,17). The highest BCUT2D eigenvalue weighted by atomic mass is 35.5. The fourth-order valence-corrected chi connectivity index (χ4v) is 2.78. The zero-order chi connectivity index (χ0) is 13.0. The second kappa shape index (κ2) is 6.34. The van der Waals surface area contributed by atoms with Crippen molar-refractivity contribution < 1.29 is 5.11 Å². The molecular formula is C13H20ClN3O. The number of hydrogen-bond donors (Lipinski definition) is 2. The molecule has 0 aromatic carbocycles. The molecule has 5 heteroatoms. The van der Waals surface area contributed by atoms with Gasteiger partial charge in [-0.3, -0.25) is 0 Å². The van der Waals surface area contributed by atoms with Crippen molar-refractivity contribution in [3.05, 3.63) is 17.0 Å². The number of anilines is 1. The Hall–Kier alpha value is -0.870. The molecule has 0 bridgehead atoms. The van der Waals surface area contributed by atoms with Gasteiger partial charge in [0, 0.05) is 18.0 Å². The maximum Gasteiger partial charge on any atom is 0.137 e. The zero-order valence-corrected chi connectivity index (χ0v) is 11.5. The highest BCUT2D eigenvalue weighted by molar-refractivity contribution is 6.30. The lowest BCUT2D eigenvalue weighted by molar-refractivity contribution is 0.0763. The van der Waals surface area contributed by atoms with Gasteiger partial charge in [-0.25, -0.2) is 9.97 Å². The normalized spacial score (nSPS) is 23.9. The molecular weight excluding hydrogens is 250 g/mol. The number of nitrogens with zero attached hydrogens (tertiary/aromatic N) is 2. The molecule has 2 N–H and O–H groups in total. The Balaban J connectivity index is 1.99. The first-order chi connectivity index (χ1) is 8.72. The van der Waals surface area contributed by atoms with Gasteiger partial charge < -0.3 is 10.4 Å². The van der Waals surface area contributed by atoms with Gasteiger partial charge >= 0.3 is 0 Å². The first kappa shape index (κ1) is 13.6. The molecule has 0 spiro atoms. The maximum atomic E-state index is 9.93. The van der Waals surface area contributed by atoms with E-state index in [2.05, 4.69) is 15.3 Å². The Morgan fingerprint density at radius 3 is 2.89 bits per heavy atom. The highest BCUT2D eigenvalue weighted by Crippen LogP contribution is 2.26. The Morgan fingerprint density at radius 1 is 1.39 bits per heavy atom. The van der Waals surface area contributed by atoms with Crippen molar-refractivity contribution in [2.24, 2.45) is 5.92 Å². The van der Waals surface area contributed by atoms with E-state index in [0.717, 1.165) is 43.6 Å². The Labute approximate surface area is 113 Å². The summed E-state index contributed by atoms with van der Waals surface area (Å²) in [7, 11) is 0. The lowest BCUT2D eigenvalue weighted by atomic mass is 9.86. The van der Waals surface area contributed by atoms with Crippen molar-refractivity contribution >= 4 is 17.4 Å². The second-order valence-electron chi connectivity index (χ2n) is 4.84. The Morgan fingerprint density at radius 2 is 2.17 bits per heavy atom. The molecule has 18 heavy (non-hydrogen) atoms. The molecule has 0 amide bonds. The van der Waals surface area contributed by atoms with E-state index < -0.39 is 0 Å². The predicted octanol–water partition coefficient (Wildman–Crippen LogP) is 2.66. The molecule has 2 atom stereocenters. The van der Waals surface area contributed by atoms with Crippen molar-refractivity contribution in [1.29, 1.82) is 0 Å². The quantitative estimate of drug-likeness (QED) is 0.825. The van der Waals surface area contributed by atoms with Gasteiger partial charge in [0.1, 0.15) is 17.3 Å². The number of nitrogens with one attached hydrogen (secondary N) is 1. The molecule has 1 aromatic heterocycles. The Bertz CT molecular complexity index is 400. The number of aromatic nitrogens is 2. The van der Waals surface area contributed by atoms with E-state index in [-0.39, 0.29) is 6.10 Å². The third-order valence-corrected chi connectivity index (χ3v) is 3.97. The highest BCUT2D eigenvalue weighted by Gasteiger charge is 2.23. The molecule has 1 aliphatic carbocycles. The van der Waals surface area contributed by atoms with Crippen molar-refractivity contribution in [2.75, 3.05) is 11.9 Å². The van der Waals surface area contributed by atoms with Crippen LogP contribution in [0.25, 0.3) is 0 Å².